The molecule has 1 aliphatic rings. The number of amides is 1. The molecule has 0 fully saturated rings. The van der Waals surface area contributed by atoms with Crippen molar-refractivity contribution >= 4 is 29.2 Å². The highest BCUT2D eigenvalue weighted by Crippen LogP contribution is 2.39. The van der Waals surface area contributed by atoms with Gasteiger partial charge in [-0.1, -0.05) is 11.6 Å². The maximum atomic E-state index is 11.9. The number of aromatic carboxylic acids is 1. The third kappa shape index (κ3) is 1.90. The molecule has 0 saturated carbocycles. The predicted molar refractivity (Wildman–Crippen MR) is 66.5 cm³/mol. The Balaban J connectivity index is 2.67. The summed E-state index contributed by atoms with van der Waals surface area (Å²) in [6.45, 7) is 3.83. The lowest BCUT2D eigenvalue weighted by atomic mass is 10.1. The Morgan fingerprint density at radius 3 is 2.78 bits per heavy atom. The molecule has 6 heteroatoms. The van der Waals surface area contributed by atoms with Gasteiger partial charge < -0.3 is 14.7 Å². The van der Waals surface area contributed by atoms with Gasteiger partial charge in [-0.15, -0.1) is 0 Å². The third-order valence-corrected chi connectivity index (χ3v) is 3.00. The van der Waals surface area contributed by atoms with Crippen LogP contribution in [0.1, 0.15) is 24.2 Å². The Kier molecular flexibility index (Phi) is 3.17. The van der Waals surface area contributed by atoms with E-state index in [1.807, 2.05) is 0 Å². The summed E-state index contributed by atoms with van der Waals surface area (Å²) in [5, 5.41) is 9.39. The standard InChI is InChI=1S/C12H12ClNO4/c1-3-14-9-5-7(13)4-8(12(16)17)10(9)18-6(2)11(14)15/h4-6H,3H2,1-2H3,(H,16,17). The molecule has 1 heterocycles. The molecule has 96 valence electrons. The summed E-state index contributed by atoms with van der Waals surface area (Å²) in [5.74, 6) is -1.14. The van der Waals surface area contributed by atoms with Crippen LogP contribution in [0.4, 0.5) is 5.69 Å². The van der Waals surface area contributed by atoms with Gasteiger partial charge in [-0.05, 0) is 26.0 Å². The van der Waals surface area contributed by atoms with Gasteiger partial charge in [0.1, 0.15) is 5.56 Å². The summed E-state index contributed by atoms with van der Waals surface area (Å²) in [5.41, 5.74) is 0.376. The number of nitrogens with zero attached hydrogens (tertiary/aromatic N) is 1. The van der Waals surface area contributed by atoms with E-state index in [4.69, 9.17) is 21.4 Å². The predicted octanol–water partition coefficient (Wildman–Crippen LogP) is 2.17. The summed E-state index contributed by atoms with van der Waals surface area (Å²) in [7, 11) is 0. The SMILES string of the molecule is CCN1C(=O)C(C)Oc2c(C(=O)O)cc(Cl)cc21. The van der Waals surface area contributed by atoms with E-state index < -0.39 is 12.1 Å². The number of carbonyl (C=O) groups excluding carboxylic acids is 1. The van der Waals surface area contributed by atoms with Gasteiger partial charge in [-0.25, -0.2) is 4.79 Å². The number of hydrogen-bond donors (Lipinski definition) is 1. The van der Waals surface area contributed by atoms with Crippen LogP contribution in [0, 0.1) is 0 Å². The molecule has 1 aromatic rings. The van der Waals surface area contributed by atoms with Gasteiger partial charge in [0, 0.05) is 11.6 Å². The van der Waals surface area contributed by atoms with Gasteiger partial charge >= 0.3 is 5.97 Å². The molecule has 1 aliphatic heterocycles. The maximum Gasteiger partial charge on any atom is 0.339 e. The zero-order valence-electron chi connectivity index (χ0n) is 9.94. The highest BCUT2D eigenvalue weighted by molar-refractivity contribution is 6.31. The molecule has 0 aromatic heterocycles. The monoisotopic (exact) mass is 269 g/mol. The number of anilines is 1. The molecule has 18 heavy (non-hydrogen) atoms. The number of ether oxygens (including phenoxy) is 1. The number of fused-ring (bicyclic) bond motifs is 1. The van der Waals surface area contributed by atoms with Crippen LogP contribution in [-0.2, 0) is 4.79 Å². The van der Waals surface area contributed by atoms with Gasteiger partial charge in [0.2, 0.25) is 0 Å². The van der Waals surface area contributed by atoms with Crippen LogP contribution in [0.25, 0.3) is 0 Å². The first-order valence-electron chi connectivity index (χ1n) is 5.50. The van der Waals surface area contributed by atoms with Crippen LogP contribution >= 0.6 is 11.6 Å². The fourth-order valence-corrected chi connectivity index (χ4v) is 2.17. The Bertz CT molecular complexity index is 529. The van der Waals surface area contributed by atoms with E-state index >= 15 is 0 Å². The summed E-state index contributed by atoms with van der Waals surface area (Å²) >= 11 is 5.88. The van der Waals surface area contributed by atoms with Crippen molar-refractivity contribution in [2.75, 3.05) is 11.4 Å². The van der Waals surface area contributed by atoms with Crippen LogP contribution in [-0.4, -0.2) is 29.6 Å². The van der Waals surface area contributed by atoms with Crippen molar-refractivity contribution in [3.63, 3.8) is 0 Å². The second kappa shape index (κ2) is 4.49. The fraction of sp³-hybridized carbons (Fsp3) is 0.333. The summed E-state index contributed by atoms with van der Waals surface area (Å²) in [6, 6.07) is 2.86. The smallest absolute Gasteiger partial charge is 0.339 e. The molecule has 1 amide bonds. The highest BCUT2D eigenvalue weighted by atomic mass is 35.5. The number of rotatable bonds is 2. The molecular weight excluding hydrogens is 258 g/mol. The lowest BCUT2D eigenvalue weighted by Crippen LogP contribution is -2.44. The van der Waals surface area contributed by atoms with Crippen LogP contribution < -0.4 is 9.64 Å². The Morgan fingerprint density at radius 1 is 1.56 bits per heavy atom. The van der Waals surface area contributed by atoms with Gasteiger partial charge in [0.05, 0.1) is 5.69 Å². The van der Waals surface area contributed by atoms with E-state index in [0.717, 1.165) is 0 Å². The third-order valence-electron chi connectivity index (χ3n) is 2.78. The molecule has 1 unspecified atom stereocenters. The van der Waals surface area contributed by atoms with E-state index in [-0.39, 0.29) is 22.2 Å². The minimum atomic E-state index is -1.13. The Morgan fingerprint density at radius 2 is 2.22 bits per heavy atom. The van der Waals surface area contributed by atoms with Gasteiger partial charge in [0.25, 0.3) is 5.91 Å². The van der Waals surface area contributed by atoms with Gasteiger partial charge in [-0.2, -0.15) is 0 Å². The van der Waals surface area contributed by atoms with E-state index in [1.54, 1.807) is 13.8 Å². The zero-order valence-corrected chi connectivity index (χ0v) is 10.7. The van der Waals surface area contributed by atoms with Crippen LogP contribution in [0.2, 0.25) is 5.02 Å². The first-order chi connectivity index (χ1) is 8.45. The molecule has 0 spiro atoms. The molecule has 0 bridgehead atoms. The number of carboxylic acids is 1. The van der Waals surface area contributed by atoms with Crippen molar-refractivity contribution in [2.45, 2.75) is 20.0 Å². The van der Waals surface area contributed by atoms with Crippen LogP contribution in [0.15, 0.2) is 12.1 Å². The number of hydrogen-bond acceptors (Lipinski definition) is 3. The van der Waals surface area contributed by atoms with Gasteiger partial charge in [0.15, 0.2) is 11.9 Å². The highest BCUT2D eigenvalue weighted by Gasteiger charge is 2.33. The van der Waals surface area contributed by atoms with Crippen molar-refractivity contribution in [1.82, 2.24) is 0 Å². The quantitative estimate of drug-likeness (QED) is 0.893. The maximum absolute atomic E-state index is 11.9. The number of benzene rings is 1. The first-order valence-corrected chi connectivity index (χ1v) is 5.88. The largest absolute Gasteiger partial charge is 0.478 e. The van der Waals surface area contributed by atoms with Crippen LogP contribution in [0.3, 0.4) is 0 Å². The molecule has 1 atom stereocenters. The van der Waals surface area contributed by atoms with Crippen molar-refractivity contribution in [3.8, 4) is 5.75 Å². The molecule has 1 N–H and O–H groups in total. The van der Waals surface area contributed by atoms with Crippen molar-refractivity contribution < 1.29 is 19.4 Å². The van der Waals surface area contributed by atoms with E-state index in [0.29, 0.717) is 12.2 Å². The normalized spacial score (nSPS) is 18.3. The summed E-state index contributed by atoms with van der Waals surface area (Å²) in [6.07, 6.45) is -0.697. The molecule has 5 nitrogen and oxygen atoms in total. The second-order valence-corrected chi connectivity index (χ2v) is 4.39. The second-order valence-electron chi connectivity index (χ2n) is 3.95. The molecule has 2 rings (SSSR count). The molecule has 0 saturated heterocycles. The van der Waals surface area contributed by atoms with Crippen molar-refractivity contribution in [2.24, 2.45) is 0 Å². The molecule has 0 aliphatic carbocycles. The fourth-order valence-electron chi connectivity index (χ4n) is 1.95. The minimum absolute atomic E-state index is 0.0321. The molecular formula is C12H12ClNO4. The summed E-state index contributed by atoms with van der Waals surface area (Å²) < 4.78 is 5.39. The number of likely N-dealkylation sites (N-methyl/N-ethyl adjacent to an activating group) is 1. The molecule has 1 aromatic carbocycles. The number of halogens is 1. The van der Waals surface area contributed by atoms with Gasteiger partial charge in [-0.3, -0.25) is 4.79 Å². The van der Waals surface area contributed by atoms with E-state index in [2.05, 4.69) is 0 Å². The molecule has 0 radical (unpaired) electrons. The first kappa shape index (κ1) is 12.7. The van der Waals surface area contributed by atoms with Crippen molar-refractivity contribution in [3.05, 3.63) is 22.7 Å². The summed E-state index contributed by atoms with van der Waals surface area (Å²) in [4.78, 5) is 24.6. The van der Waals surface area contributed by atoms with E-state index in [1.165, 1.54) is 17.0 Å². The Hall–Kier alpha value is -1.75. The minimum Gasteiger partial charge on any atom is -0.478 e. The Labute approximate surface area is 109 Å². The average molecular weight is 270 g/mol. The number of carbonyl (C=O) groups is 2. The van der Waals surface area contributed by atoms with E-state index in [9.17, 15) is 9.59 Å². The van der Waals surface area contributed by atoms with Crippen molar-refractivity contribution in [1.29, 1.82) is 0 Å². The average Bonchev–Trinajstić information content (AvgIpc) is 2.30. The zero-order chi connectivity index (χ0) is 13.4. The van der Waals surface area contributed by atoms with Crippen LogP contribution in [0.5, 0.6) is 5.75 Å². The number of carboxylic acid groups (broad SMARTS) is 1. The lowest BCUT2D eigenvalue weighted by Gasteiger charge is -2.33. The topological polar surface area (TPSA) is 66.8 Å². The lowest BCUT2D eigenvalue weighted by molar-refractivity contribution is -0.125.